The summed E-state index contributed by atoms with van der Waals surface area (Å²) in [6, 6.07) is 0. The molecule has 200 valence electrons. The third-order valence-electron chi connectivity index (χ3n) is 8.07. The van der Waals surface area contributed by atoms with Gasteiger partial charge in [0.15, 0.2) is 0 Å². The van der Waals surface area contributed by atoms with Crippen molar-refractivity contribution < 1.29 is 17.3 Å². The van der Waals surface area contributed by atoms with Crippen LogP contribution < -0.4 is 17.3 Å². The second-order valence-electron chi connectivity index (χ2n) is 11.3. The van der Waals surface area contributed by atoms with Crippen molar-refractivity contribution in [1.82, 2.24) is 0 Å². The van der Waals surface area contributed by atoms with Gasteiger partial charge in [0.1, 0.15) is 0 Å². The Kier molecular flexibility index (Phi) is 27.1. The van der Waals surface area contributed by atoms with E-state index in [0.29, 0.717) is 0 Å². The molecule has 1 fully saturated rings. The van der Waals surface area contributed by atoms with E-state index in [2.05, 4.69) is 13.8 Å². The predicted molar refractivity (Wildman–Crippen MR) is 146 cm³/mol. The molecule has 0 bridgehead atoms. The molecular weight excluding hydrogens is 422 g/mol. The first-order chi connectivity index (χ1) is 15.9. The molecule has 0 spiro atoms. The number of hydrogen-bond donors (Lipinski definition) is 1. The summed E-state index contributed by atoms with van der Waals surface area (Å²) >= 11 is 0. The van der Waals surface area contributed by atoms with Crippen LogP contribution in [0.3, 0.4) is 0 Å². The summed E-state index contributed by atoms with van der Waals surface area (Å²) in [5, 5.41) is 0. The van der Waals surface area contributed by atoms with Crippen LogP contribution in [0.25, 0.3) is 0 Å². The lowest BCUT2D eigenvalue weighted by molar-refractivity contribution is -0.909. The number of quaternary nitrogens is 1. The maximum absolute atomic E-state index is 2.31. The minimum absolute atomic E-state index is 0. The molecule has 0 saturated carbocycles. The summed E-state index contributed by atoms with van der Waals surface area (Å²) in [5.41, 5.74) is 0. The van der Waals surface area contributed by atoms with Gasteiger partial charge in [0.05, 0.1) is 19.6 Å². The number of likely N-dealkylation sites (tertiary alicyclic amines) is 1. The minimum Gasteiger partial charge on any atom is -1.00 e. The fraction of sp³-hybridized carbons (Fsp3) is 1.00. The maximum atomic E-state index is 2.31. The van der Waals surface area contributed by atoms with Crippen LogP contribution in [0.2, 0.25) is 0 Å². The van der Waals surface area contributed by atoms with Crippen LogP contribution in [0, 0.1) is 5.92 Å². The molecule has 0 aromatic heterocycles. The third-order valence-corrected chi connectivity index (χ3v) is 8.07. The van der Waals surface area contributed by atoms with E-state index in [4.69, 9.17) is 0 Å². The van der Waals surface area contributed by atoms with Crippen LogP contribution in [-0.4, -0.2) is 19.6 Å². The van der Waals surface area contributed by atoms with Gasteiger partial charge in [-0.05, 0) is 32.1 Å². The SMILES string of the molecule is CCCCCCCCCCCCCC1CCC[NH+](CCCCCCCCCCCCC)C1.[Cl-]. The predicted octanol–water partition coefficient (Wildman–Crippen LogP) is 6.30. The molecule has 0 aromatic carbocycles. The van der Waals surface area contributed by atoms with E-state index in [-0.39, 0.29) is 12.4 Å². The molecule has 1 rings (SSSR count). The van der Waals surface area contributed by atoms with Gasteiger partial charge >= 0.3 is 0 Å². The first-order valence-electron chi connectivity index (χ1n) is 15.7. The second kappa shape index (κ2) is 26.8. The van der Waals surface area contributed by atoms with Crippen molar-refractivity contribution in [2.45, 2.75) is 174 Å². The van der Waals surface area contributed by atoms with Gasteiger partial charge < -0.3 is 17.3 Å². The zero-order chi connectivity index (χ0) is 23.0. The molecule has 33 heavy (non-hydrogen) atoms. The highest BCUT2D eigenvalue weighted by Gasteiger charge is 2.22. The normalized spacial score (nSPS) is 18.4. The lowest BCUT2D eigenvalue weighted by Gasteiger charge is -2.30. The molecule has 1 nitrogen and oxygen atoms in total. The summed E-state index contributed by atoms with van der Waals surface area (Å²) in [5.74, 6) is 1.05. The van der Waals surface area contributed by atoms with Crippen LogP contribution in [-0.2, 0) is 0 Å². The Morgan fingerprint density at radius 2 is 0.909 bits per heavy atom. The second-order valence-corrected chi connectivity index (χ2v) is 11.3. The molecule has 2 unspecified atom stereocenters. The Balaban J connectivity index is 0.0000102. The fourth-order valence-electron chi connectivity index (χ4n) is 5.86. The van der Waals surface area contributed by atoms with Gasteiger partial charge in [-0.3, -0.25) is 0 Å². The average molecular weight is 486 g/mol. The van der Waals surface area contributed by atoms with Crippen molar-refractivity contribution >= 4 is 0 Å². The van der Waals surface area contributed by atoms with E-state index in [1.807, 2.05) is 4.90 Å². The first-order valence-corrected chi connectivity index (χ1v) is 15.7. The van der Waals surface area contributed by atoms with Gasteiger partial charge in [-0.1, -0.05) is 142 Å². The number of nitrogens with one attached hydrogen (secondary N) is 1. The van der Waals surface area contributed by atoms with Gasteiger partial charge in [0, 0.05) is 5.92 Å². The monoisotopic (exact) mass is 485 g/mol. The number of halogens is 1. The Hall–Kier alpha value is 0.250. The number of unbranched alkanes of at least 4 members (excludes halogenated alkanes) is 20. The van der Waals surface area contributed by atoms with Crippen molar-refractivity contribution in [3.05, 3.63) is 0 Å². The highest BCUT2D eigenvalue weighted by atomic mass is 35.5. The van der Waals surface area contributed by atoms with E-state index in [1.165, 1.54) is 180 Å². The van der Waals surface area contributed by atoms with Crippen molar-refractivity contribution in [2.24, 2.45) is 5.92 Å². The Bertz CT molecular complexity index is 327. The molecule has 0 amide bonds. The largest absolute Gasteiger partial charge is 1.00 e. The van der Waals surface area contributed by atoms with Gasteiger partial charge in [0.2, 0.25) is 0 Å². The van der Waals surface area contributed by atoms with Gasteiger partial charge in [-0.15, -0.1) is 0 Å². The van der Waals surface area contributed by atoms with E-state index in [9.17, 15) is 0 Å². The molecule has 1 aliphatic rings. The van der Waals surface area contributed by atoms with Crippen molar-refractivity contribution in [3.63, 3.8) is 0 Å². The van der Waals surface area contributed by atoms with E-state index < -0.39 is 0 Å². The Labute approximate surface area is 217 Å². The summed E-state index contributed by atoms with van der Waals surface area (Å²) < 4.78 is 0. The quantitative estimate of drug-likeness (QED) is 0.153. The Morgan fingerprint density at radius 3 is 1.36 bits per heavy atom. The van der Waals surface area contributed by atoms with Crippen molar-refractivity contribution in [1.29, 1.82) is 0 Å². The molecular formula is C31H64ClN. The highest BCUT2D eigenvalue weighted by Crippen LogP contribution is 2.18. The third kappa shape index (κ3) is 22.5. The van der Waals surface area contributed by atoms with Crippen LogP contribution >= 0.6 is 0 Å². The maximum Gasteiger partial charge on any atom is 0.0799 e. The summed E-state index contributed by atoms with van der Waals surface area (Å²) in [4.78, 5) is 1.94. The molecule has 1 saturated heterocycles. The van der Waals surface area contributed by atoms with Crippen LogP contribution in [0.4, 0.5) is 0 Å². The van der Waals surface area contributed by atoms with Crippen LogP contribution in [0.15, 0.2) is 0 Å². The lowest BCUT2D eigenvalue weighted by Crippen LogP contribution is -3.13. The fourth-order valence-corrected chi connectivity index (χ4v) is 5.86. The van der Waals surface area contributed by atoms with E-state index in [1.54, 1.807) is 0 Å². The molecule has 0 aliphatic carbocycles. The number of piperidine rings is 1. The van der Waals surface area contributed by atoms with Crippen molar-refractivity contribution in [3.8, 4) is 0 Å². The lowest BCUT2D eigenvalue weighted by atomic mass is 9.92. The molecule has 1 aliphatic heterocycles. The van der Waals surface area contributed by atoms with E-state index >= 15 is 0 Å². The molecule has 0 aromatic rings. The summed E-state index contributed by atoms with van der Waals surface area (Å²) in [6.45, 7) is 9.05. The zero-order valence-corrected chi connectivity index (χ0v) is 24.0. The molecule has 2 atom stereocenters. The van der Waals surface area contributed by atoms with Crippen molar-refractivity contribution in [2.75, 3.05) is 19.6 Å². The smallest absolute Gasteiger partial charge is 0.0799 e. The topological polar surface area (TPSA) is 4.44 Å². The minimum atomic E-state index is 0. The molecule has 0 radical (unpaired) electrons. The number of rotatable bonds is 24. The highest BCUT2D eigenvalue weighted by molar-refractivity contribution is 4.63. The molecule has 1 N–H and O–H groups in total. The molecule has 2 heteroatoms. The summed E-state index contributed by atoms with van der Waals surface area (Å²) in [6.07, 6.45) is 37.0. The zero-order valence-electron chi connectivity index (χ0n) is 23.3. The van der Waals surface area contributed by atoms with Crippen LogP contribution in [0.1, 0.15) is 174 Å². The average Bonchev–Trinajstić information content (AvgIpc) is 2.81. The van der Waals surface area contributed by atoms with E-state index in [0.717, 1.165) is 5.92 Å². The summed E-state index contributed by atoms with van der Waals surface area (Å²) in [7, 11) is 0. The first kappa shape index (κ1) is 33.2. The Morgan fingerprint density at radius 1 is 0.515 bits per heavy atom. The van der Waals surface area contributed by atoms with Gasteiger partial charge in [0.25, 0.3) is 0 Å². The van der Waals surface area contributed by atoms with Crippen LogP contribution in [0.5, 0.6) is 0 Å². The molecule has 1 heterocycles. The number of hydrogen-bond acceptors (Lipinski definition) is 0. The van der Waals surface area contributed by atoms with Gasteiger partial charge in [-0.25, -0.2) is 0 Å². The van der Waals surface area contributed by atoms with Gasteiger partial charge in [-0.2, -0.15) is 0 Å². The standard InChI is InChI=1S/C31H63N.ClH/c1-3-5-7-9-11-13-15-17-19-21-23-26-31-27-25-29-32(30-31)28-24-22-20-18-16-14-12-10-8-6-4-2;/h31H,3-30H2,1-2H3;1H.